The van der Waals surface area contributed by atoms with Crippen molar-refractivity contribution >= 4 is 19.5 Å². The van der Waals surface area contributed by atoms with Gasteiger partial charge in [0.2, 0.25) is 5.91 Å². The molecule has 2 aromatic rings. The molecular formula is C40H55FN5O7P. The van der Waals surface area contributed by atoms with Crippen molar-refractivity contribution in [3.8, 4) is 5.75 Å². The van der Waals surface area contributed by atoms with Crippen LogP contribution in [0.1, 0.15) is 71.4 Å². The number of hydrogen-bond acceptors (Lipinski definition) is 9. The number of para-hydroxylation sites is 1. The van der Waals surface area contributed by atoms with Crippen molar-refractivity contribution in [3.63, 3.8) is 0 Å². The molecule has 1 aromatic carbocycles. The number of halogens is 1. The second kappa shape index (κ2) is 24.8. The first-order valence-corrected chi connectivity index (χ1v) is 19.9. The van der Waals surface area contributed by atoms with Crippen molar-refractivity contribution in [2.75, 3.05) is 18.8 Å². The molecule has 0 saturated carbocycles. The Balaban J connectivity index is 1.37. The van der Waals surface area contributed by atoms with Gasteiger partial charge in [0, 0.05) is 25.7 Å². The zero-order valence-corrected chi connectivity index (χ0v) is 32.0. The molecule has 1 aliphatic heterocycles. The van der Waals surface area contributed by atoms with Gasteiger partial charge in [-0.2, -0.15) is 4.98 Å². The first-order valence-electron chi connectivity index (χ1n) is 18.4. The summed E-state index contributed by atoms with van der Waals surface area (Å²) in [6, 6.07) is 9.57. The van der Waals surface area contributed by atoms with E-state index >= 15 is 4.39 Å². The first-order chi connectivity index (χ1) is 26.1. The van der Waals surface area contributed by atoms with E-state index in [1.807, 2.05) is 12.2 Å². The molecule has 0 radical (unpaired) electrons. The molecule has 6 atom stereocenters. The molecule has 0 aliphatic carbocycles. The monoisotopic (exact) mass is 767 g/mol. The number of nitrogens with two attached hydrogens (primary N) is 1. The summed E-state index contributed by atoms with van der Waals surface area (Å²) in [5, 5.41) is 16.1. The van der Waals surface area contributed by atoms with Crippen molar-refractivity contribution in [2.24, 2.45) is 0 Å². The van der Waals surface area contributed by atoms with E-state index in [2.05, 4.69) is 83.1 Å². The summed E-state index contributed by atoms with van der Waals surface area (Å²) in [6.07, 6.45) is 25.5. The fourth-order valence-electron chi connectivity index (χ4n) is 5.22. The Bertz CT molecular complexity index is 1690. The van der Waals surface area contributed by atoms with Gasteiger partial charge in [0.1, 0.15) is 23.8 Å². The summed E-state index contributed by atoms with van der Waals surface area (Å²) in [5.74, 6) is -0.00138. The Morgan fingerprint density at radius 3 is 2.11 bits per heavy atom. The molecular weight excluding hydrogens is 712 g/mol. The van der Waals surface area contributed by atoms with Crippen LogP contribution in [0.15, 0.2) is 120 Å². The molecule has 1 fully saturated rings. The van der Waals surface area contributed by atoms with Crippen molar-refractivity contribution < 1.29 is 32.6 Å². The van der Waals surface area contributed by atoms with Crippen LogP contribution in [0, 0.1) is 0 Å². The van der Waals surface area contributed by atoms with Crippen LogP contribution in [0.3, 0.4) is 0 Å². The zero-order chi connectivity index (χ0) is 39.0. The molecule has 1 aliphatic rings. The molecule has 14 heteroatoms. The number of aromatic nitrogens is 2. The summed E-state index contributed by atoms with van der Waals surface area (Å²) in [4.78, 5) is 28.3. The Morgan fingerprint density at radius 1 is 0.963 bits per heavy atom. The molecule has 12 nitrogen and oxygen atoms in total. The Labute approximate surface area is 318 Å². The van der Waals surface area contributed by atoms with Gasteiger partial charge in [-0.3, -0.25) is 13.9 Å². The molecule has 3 rings (SSSR count). The van der Waals surface area contributed by atoms with Gasteiger partial charge in [0.25, 0.3) is 0 Å². The van der Waals surface area contributed by atoms with E-state index in [1.54, 1.807) is 30.3 Å². The second-order valence-electron chi connectivity index (χ2n) is 12.4. The zero-order valence-electron chi connectivity index (χ0n) is 31.1. The molecule has 2 heterocycles. The fraction of sp³-hybridized carbons (Fsp3) is 0.425. The number of aliphatic hydroxyl groups is 1. The fourth-order valence-corrected chi connectivity index (χ4v) is 6.75. The van der Waals surface area contributed by atoms with Crippen LogP contribution >= 0.6 is 7.75 Å². The number of ether oxygens (including phenoxy) is 1. The van der Waals surface area contributed by atoms with Crippen LogP contribution < -0.4 is 26.4 Å². The van der Waals surface area contributed by atoms with Gasteiger partial charge in [-0.15, -0.1) is 0 Å². The smallest absolute Gasteiger partial charge is 0.413 e. The maximum atomic E-state index is 15.1. The highest BCUT2D eigenvalue weighted by atomic mass is 31.2. The van der Waals surface area contributed by atoms with Crippen LogP contribution in [0.25, 0.3) is 0 Å². The van der Waals surface area contributed by atoms with E-state index in [0.717, 1.165) is 43.1 Å². The number of benzene rings is 1. The van der Waals surface area contributed by atoms with Crippen molar-refractivity contribution in [1.29, 1.82) is 0 Å². The highest BCUT2D eigenvalue weighted by Gasteiger charge is 2.49. The highest BCUT2D eigenvalue weighted by Crippen LogP contribution is 2.47. The maximum Gasteiger partial charge on any atom is 0.459 e. The lowest BCUT2D eigenvalue weighted by Crippen LogP contribution is -2.39. The molecule has 1 aromatic heterocycles. The summed E-state index contributed by atoms with van der Waals surface area (Å²) in [5.41, 5.74) is 4.67. The van der Waals surface area contributed by atoms with Crippen molar-refractivity contribution in [1.82, 2.24) is 20.0 Å². The molecule has 0 bridgehead atoms. The molecule has 294 valence electrons. The third-order valence-electron chi connectivity index (χ3n) is 7.98. The van der Waals surface area contributed by atoms with Gasteiger partial charge >= 0.3 is 13.4 Å². The molecule has 1 amide bonds. The van der Waals surface area contributed by atoms with Gasteiger partial charge in [0.15, 0.2) is 12.4 Å². The predicted octanol–water partition coefficient (Wildman–Crippen LogP) is 7.20. The summed E-state index contributed by atoms with van der Waals surface area (Å²) in [7, 11) is -4.16. The Morgan fingerprint density at radius 2 is 1.54 bits per heavy atom. The summed E-state index contributed by atoms with van der Waals surface area (Å²) in [6.45, 7) is 3.70. The van der Waals surface area contributed by atoms with Gasteiger partial charge < -0.3 is 25.4 Å². The van der Waals surface area contributed by atoms with Crippen molar-refractivity contribution in [2.45, 2.75) is 95.9 Å². The largest absolute Gasteiger partial charge is 0.459 e. The van der Waals surface area contributed by atoms with Crippen LogP contribution in [-0.2, 0) is 18.6 Å². The lowest BCUT2D eigenvalue weighted by atomic mass is 10.1. The van der Waals surface area contributed by atoms with Crippen LogP contribution in [0.2, 0.25) is 0 Å². The van der Waals surface area contributed by atoms with E-state index in [9.17, 15) is 19.3 Å². The van der Waals surface area contributed by atoms with E-state index in [-0.39, 0.29) is 37.0 Å². The number of aliphatic hydroxyl groups excluding tert-OH is 1. The van der Waals surface area contributed by atoms with Gasteiger partial charge in [-0.1, -0.05) is 98.0 Å². The summed E-state index contributed by atoms with van der Waals surface area (Å²) < 4.78 is 47.0. The molecule has 54 heavy (non-hydrogen) atoms. The molecule has 0 spiro atoms. The van der Waals surface area contributed by atoms with Crippen molar-refractivity contribution in [3.05, 3.63) is 126 Å². The number of carbonyl (C=O) groups is 1. The van der Waals surface area contributed by atoms with Crippen LogP contribution in [0.5, 0.6) is 5.75 Å². The molecule has 2 unspecified atom stereocenters. The number of nitrogens with zero attached hydrogens (tertiary/aromatic N) is 2. The van der Waals surface area contributed by atoms with Crippen LogP contribution in [0.4, 0.5) is 10.2 Å². The minimum absolute atomic E-state index is 0.0113. The number of allylic oxidation sites excluding steroid dienone is 12. The Kier molecular flexibility index (Phi) is 20.2. The van der Waals surface area contributed by atoms with E-state index in [1.165, 1.54) is 19.2 Å². The first kappa shape index (κ1) is 44.0. The number of hydrogen-bond donors (Lipinski definition) is 4. The average Bonchev–Trinajstić information content (AvgIpc) is 3.44. The number of carbonyl (C=O) groups excluding carboxylic acids is 1. The third-order valence-corrected chi connectivity index (χ3v) is 9.65. The normalized spacial score (nSPS) is 21.0. The quantitative estimate of drug-likeness (QED) is 0.0488. The number of amides is 1. The minimum atomic E-state index is -4.16. The minimum Gasteiger partial charge on any atom is -0.413 e. The van der Waals surface area contributed by atoms with Gasteiger partial charge in [-0.25, -0.2) is 18.8 Å². The van der Waals surface area contributed by atoms with Gasteiger partial charge in [0.05, 0.1) is 6.10 Å². The lowest BCUT2D eigenvalue weighted by Gasteiger charge is -2.27. The number of nitrogen functional groups attached to an aromatic ring is 1. The lowest BCUT2D eigenvalue weighted by molar-refractivity contribution is -0.120. The Hall–Kier alpha value is -4.39. The van der Waals surface area contributed by atoms with E-state index < -0.39 is 44.1 Å². The van der Waals surface area contributed by atoms with E-state index in [4.69, 9.17) is 19.5 Å². The predicted molar refractivity (Wildman–Crippen MR) is 211 cm³/mol. The number of rotatable bonds is 24. The molecule has 5 N–H and O–H groups in total. The standard InChI is InChI=1S/C40H55FN5O7P/c1-3-4-5-6-7-8-9-10-11-12-13-14-15-16-17-18-19-20-24-27-35(47)43-29-30-44-54(50,53-33-25-22-21-23-26-33)52-32(2)38-37(48)36(41)39(51-38)46-31-28-34(42)45-40(46)49/h4-5,7-8,10-11,13-14,16-17,19-23,25-26,28,31-32,36-39,48H,3,6,9,12,15,18,24,27,29-30H2,1-2H3,(H,43,47)(H,44,50)(H2,42,45,49)/b5-4-,8-7-,11-10-,14-13-,17-16-,20-19-/t32?,36-,37+,38-,39-,54?/m1/s1. The average molecular weight is 768 g/mol. The summed E-state index contributed by atoms with van der Waals surface area (Å²) >= 11 is 0. The number of alkyl halides is 1. The van der Waals surface area contributed by atoms with E-state index in [0.29, 0.717) is 6.42 Å². The maximum absolute atomic E-state index is 15.1. The van der Waals surface area contributed by atoms with Gasteiger partial charge in [-0.05, 0) is 70.1 Å². The number of nitrogens with one attached hydrogen (secondary N) is 2. The second-order valence-corrected chi connectivity index (χ2v) is 14.1. The SMILES string of the molecule is CC/C=C\C/C=C\C/C=C\C/C=C\C/C=C\C/C=C\CCC(=O)NCCNP(=O)(Oc1ccccc1)OC(C)[C@H]1O[C@@H](n2ccc(N)nc2=O)[C@H](F)[C@@H]1O. The number of anilines is 1. The highest BCUT2D eigenvalue weighted by molar-refractivity contribution is 7.52. The van der Waals surface area contributed by atoms with Crippen LogP contribution in [-0.4, -0.2) is 58.1 Å². The molecule has 1 saturated heterocycles. The third kappa shape index (κ3) is 16.3. The topological polar surface area (TPSA) is 167 Å².